The molecule has 4 aliphatic rings. The van der Waals surface area contributed by atoms with E-state index in [0.717, 1.165) is 132 Å². The summed E-state index contributed by atoms with van der Waals surface area (Å²) in [4.78, 5) is 83.2. The van der Waals surface area contributed by atoms with Crippen molar-refractivity contribution in [1.29, 1.82) is 0 Å². The number of ether oxygens (including phenoxy) is 3. The Morgan fingerprint density at radius 1 is 0.459 bits per heavy atom. The Hall–Kier alpha value is -8.02. The van der Waals surface area contributed by atoms with Gasteiger partial charge in [-0.25, -0.2) is 9.59 Å². The van der Waals surface area contributed by atoms with Crippen LogP contribution in [0.1, 0.15) is 123 Å². The number of anilines is 1. The van der Waals surface area contributed by atoms with Crippen LogP contribution in [-0.2, 0) is 14.2 Å². The first-order valence-electron chi connectivity index (χ1n) is 30.3. The smallest absolute Gasteiger partial charge is 0.411 e. The number of fused-ring (bicyclic) bond motifs is 2. The average molecular weight is 1150 g/mol. The van der Waals surface area contributed by atoms with Crippen molar-refractivity contribution < 1.29 is 47.5 Å². The molecule has 0 radical (unpaired) electrons. The lowest BCUT2D eigenvalue weighted by Gasteiger charge is -2.32. The van der Waals surface area contributed by atoms with E-state index in [9.17, 15) is 28.8 Å². The van der Waals surface area contributed by atoms with E-state index >= 15 is 0 Å². The highest BCUT2D eigenvalue weighted by molar-refractivity contribution is 6.22. The topological polar surface area (TPSA) is 167 Å². The van der Waals surface area contributed by atoms with Gasteiger partial charge in [-0.3, -0.25) is 34.3 Å². The summed E-state index contributed by atoms with van der Waals surface area (Å²) >= 11 is 0. The lowest BCUT2D eigenvalue weighted by molar-refractivity contribution is -0.889. The van der Waals surface area contributed by atoms with Gasteiger partial charge in [0.15, 0.2) is 0 Å². The number of likely N-dealkylation sites (tertiary alicyclic amines) is 2. The number of imide groups is 2. The summed E-state index contributed by atoms with van der Waals surface area (Å²) in [6.07, 6.45) is 8.80. The second-order valence-corrected chi connectivity index (χ2v) is 23.1. The molecule has 16 heteroatoms. The minimum atomic E-state index is -0.395. The Kier molecular flexibility index (Phi) is 22.2. The number of alkyl carbamates (subject to hydrolysis) is 1. The molecule has 0 aliphatic carbocycles. The van der Waals surface area contributed by atoms with E-state index < -0.39 is 12.2 Å². The summed E-state index contributed by atoms with van der Waals surface area (Å²) in [5.41, 5.74) is 6.84. The fraction of sp³-hybridized carbons (Fsp3) is 0.391. The highest BCUT2D eigenvalue weighted by Crippen LogP contribution is 2.29. The van der Waals surface area contributed by atoms with Crippen LogP contribution in [0.4, 0.5) is 15.3 Å². The number of nitrogens with zero attached hydrogens (tertiary/aromatic N) is 5. The summed E-state index contributed by atoms with van der Waals surface area (Å²) in [5.74, 6) is -0.733. The van der Waals surface area contributed by atoms with Crippen molar-refractivity contribution in [2.45, 2.75) is 82.5 Å². The van der Waals surface area contributed by atoms with Crippen LogP contribution in [0.5, 0.6) is 0 Å². The van der Waals surface area contributed by atoms with Crippen molar-refractivity contribution in [2.75, 3.05) is 98.1 Å². The minimum absolute atomic E-state index is 0.0581. The number of amides is 6. The Balaban J connectivity index is 0.000000204. The van der Waals surface area contributed by atoms with Gasteiger partial charge in [0, 0.05) is 44.8 Å². The second-order valence-electron chi connectivity index (χ2n) is 23.1. The van der Waals surface area contributed by atoms with Gasteiger partial charge in [-0.2, -0.15) is 0 Å². The van der Waals surface area contributed by atoms with Crippen molar-refractivity contribution in [3.05, 3.63) is 197 Å². The third kappa shape index (κ3) is 17.3. The summed E-state index contributed by atoms with van der Waals surface area (Å²) in [6, 6.07) is 51.5. The first-order valence-corrected chi connectivity index (χ1v) is 30.3. The van der Waals surface area contributed by atoms with Crippen molar-refractivity contribution in [3.8, 4) is 11.1 Å². The lowest BCUT2D eigenvalue weighted by atomic mass is 9.99. The molecule has 85 heavy (non-hydrogen) atoms. The van der Waals surface area contributed by atoms with Crippen LogP contribution >= 0.6 is 0 Å². The number of likely N-dealkylation sites (N-methyl/N-ethyl adjacent to an activating group) is 1. The molecule has 0 spiro atoms. The predicted octanol–water partition coefficient (Wildman–Crippen LogP) is 11.4. The van der Waals surface area contributed by atoms with Crippen LogP contribution in [0.15, 0.2) is 164 Å². The summed E-state index contributed by atoms with van der Waals surface area (Å²) in [5, 5.41) is 6.01. The maximum atomic E-state index is 12.9. The molecule has 4 heterocycles. The maximum Gasteiger partial charge on any atom is 0.411 e. The molecule has 0 aromatic heterocycles. The zero-order chi connectivity index (χ0) is 59.4. The van der Waals surface area contributed by atoms with Crippen LogP contribution in [0.2, 0.25) is 0 Å². The van der Waals surface area contributed by atoms with Gasteiger partial charge in [0.2, 0.25) is 0 Å². The summed E-state index contributed by atoms with van der Waals surface area (Å²) in [6.45, 7) is 9.03. The number of rotatable bonds is 25. The molecule has 0 bridgehead atoms. The quantitative estimate of drug-likeness (QED) is 0.0318. The zero-order valence-electron chi connectivity index (χ0n) is 49.3. The third-order valence-electron chi connectivity index (χ3n) is 16.6. The number of hydrogen-bond acceptors (Lipinski definition) is 11. The molecule has 6 amide bonds. The van der Waals surface area contributed by atoms with E-state index in [2.05, 4.69) is 34.5 Å². The molecular weight excluding hydrogens is 1070 g/mol. The minimum Gasteiger partial charge on any atom is -0.446 e. The molecule has 0 unspecified atom stereocenters. The molecule has 16 nitrogen and oxygen atoms in total. The first kappa shape index (κ1) is 61.5. The predicted molar refractivity (Wildman–Crippen MR) is 329 cm³/mol. The fourth-order valence-electron chi connectivity index (χ4n) is 11.5. The largest absolute Gasteiger partial charge is 0.446 e. The monoisotopic (exact) mass is 1150 g/mol. The first-order chi connectivity index (χ1) is 41.4. The molecular formula is C69H82N7O9+. The van der Waals surface area contributed by atoms with E-state index in [1.807, 2.05) is 115 Å². The Bertz CT molecular complexity index is 3050. The van der Waals surface area contributed by atoms with Crippen LogP contribution in [0.25, 0.3) is 11.1 Å². The molecule has 0 atom stereocenters. The molecule has 446 valence electrons. The van der Waals surface area contributed by atoms with Gasteiger partial charge in [-0.05, 0) is 92.1 Å². The molecule has 2 N–H and O–H groups in total. The normalized spacial score (nSPS) is 15.8. The third-order valence-corrected chi connectivity index (χ3v) is 16.6. The van der Waals surface area contributed by atoms with Crippen LogP contribution in [0, 0.1) is 0 Å². The highest BCUT2D eigenvalue weighted by Gasteiger charge is 2.37. The van der Waals surface area contributed by atoms with Gasteiger partial charge in [0.05, 0.1) is 74.4 Å². The van der Waals surface area contributed by atoms with Crippen LogP contribution in [-0.4, -0.2) is 165 Å². The summed E-state index contributed by atoms with van der Waals surface area (Å²) in [7, 11) is 4.18. The number of piperidine rings is 2. The fourth-order valence-corrected chi connectivity index (χ4v) is 11.5. The van der Waals surface area contributed by atoms with E-state index in [0.29, 0.717) is 59.6 Å². The van der Waals surface area contributed by atoms with Crippen molar-refractivity contribution >= 4 is 41.5 Å². The van der Waals surface area contributed by atoms with Gasteiger partial charge < -0.3 is 33.8 Å². The number of benzene rings is 6. The van der Waals surface area contributed by atoms with Gasteiger partial charge in [0.1, 0.15) is 18.8 Å². The molecule has 10 rings (SSSR count). The zero-order valence-corrected chi connectivity index (χ0v) is 49.3. The number of quaternary nitrogens is 1. The number of para-hydroxylation sites is 1. The number of hydrogen-bond donors (Lipinski definition) is 2. The molecule has 4 aliphatic heterocycles. The van der Waals surface area contributed by atoms with Gasteiger partial charge in [-0.15, -0.1) is 0 Å². The second kappa shape index (κ2) is 30.7. The Labute approximate surface area is 500 Å². The maximum absolute atomic E-state index is 12.9. The van der Waals surface area contributed by atoms with Crippen LogP contribution < -0.4 is 10.6 Å². The highest BCUT2D eigenvalue weighted by atomic mass is 16.6. The summed E-state index contributed by atoms with van der Waals surface area (Å²) < 4.78 is 18.2. The number of unbranched alkanes of at least 4 members (excludes halogenated alkanes) is 5. The molecule has 0 saturated carbocycles. The SMILES string of the molecule is C[N+](C)(CCOCCN1CCC(OC(=O)NC(c2ccccc2)c2ccccc2)CC1)CCN1C(=O)c2ccccc2C1=O.O=C(Nc1ccccc1-c1ccccc1)OC1CCN(CCCCCCCCN2C(=O)c3ccccc3C2=O)CC1. The molecule has 6 aromatic rings. The Morgan fingerprint density at radius 2 is 0.871 bits per heavy atom. The van der Waals surface area contributed by atoms with Gasteiger partial charge in [-0.1, -0.05) is 159 Å². The van der Waals surface area contributed by atoms with Crippen molar-refractivity contribution in [1.82, 2.24) is 24.9 Å². The van der Waals surface area contributed by atoms with Gasteiger partial charge >= 0.3 is 12.2 Å². The molecule has 2 fully saturated rings. The van der Waals surface area contributed by atoms with Crippen molar-refractivity contribution in [3.63, 3.8) is 0 Å². The van der Waals surface area contributed by atoms with E-state index in [1.165, 1.54) is 16.2 Å². The van der Waals surface area contributed by atoms with E-state index in [4.69, 9.17) is 14.2 Å². The van der Waals surface area contributed by atoms with E-state index in [1.54, 1.807) is 48.5 Å². The number of carbonyl (C=O) groups is 6. The lowest BCUT2D eigenvalue weighted by Crippen LogP contribution is -2.48. The van der Waals surface area contributed by atoms with Crippen molar-refractivity contribution in [2.24, 2.45) is 0 Å². The van der Waals surface area contributed by atoms with E-state index in [-0.39, 0.29) is 41.9 Å². The molecule has 2 saturated heterocycles. The van der Waals surface area contributed by atoms with Crippen LogP contribution in [0.3, 0.4) is 0 Å². The number of carbonyl (C=O) groups excluding carboxylic acids is 6. The average Bonchev–Trinajstić information content (AvgIpc) is 2.53. The standard InChI is InChI=1S/C35H42N4O5.C34H39N3O4/c1-39(2,23-21-38-33(40)30-15-9-10-16-31(30)34(38)41)24-26-43-25-22-37-19-17-29(18-20-37)44-35(42)36-32(27-11-5-3-6-12-27)28-13-7-4-8-14-28;38-32-29-17-8-9-18-30(29)33(39)37(32)23-13-4-2-1-3-12-22-36-24-20-27(21-25-36)41-34(40)35-31-19-11-10-16-28(31)26-14-6-5-7-15-26/h3-16,29,32H,17-26H2,1-2H3;5-11,14-19,27H,1-4,12-13,20-25H2,(H,35,40)/p+1. The molecule has 6 aromatic carbocycles. The van der Waals surface area contributed by atoms with Gasteiger partial charge in [0.25, 0.3) is 23.6 Å². The number of nitrogens with one attached hydrogen (secondary N) is 2. The Morgan fingerprint density at radius 3 is 1.39 bits per heavy atom.